The number of hydrogen-bond donors (Lipinski definition) is 2. The number of carbonyl (C=O) groups excluding carboxylic acids is 1. The molecule has 2 N–H and O–H groups in total. The van der Waals surface area contributed by atoms with E-state index in [-0.39, 0.29) is 23.0 Å². The van der Waals surface area contributed by atoms with E-state index in [2.05, 4.69) is 0 Å². The highest BCUT2D eigenvalue weighted by Gasteiger charge is 2.28. The minimum Gasteiger partial charge on any atom is -0.507 e. The first-order chi connectivity index (χ1) is 9.18. The summed E-state index contributed by atoms with van der Waals surface area (Å²) >= 11 is 0. The molecule has 0 bridgehead atoms. The van der Waals surface area contributed by atoms with Gasteiger partial charge in [-0.05, 0) is 30.2 Å². The largest absolute Gasteiger partial charge is 0.507 e. The molecule has 1 aliphatic rings. The van der Waals surface area contributed by atoms with Crippen LogP contribution < -0.4 is 4.90 Å². The van der Waals surface area contributed by atoms with Gasteiger partial charge < -0.3 is 15.1 Å². The monoisotopic (exact) mass is 255 g/mol. The van der Waals surface area contributed by atoms with E-state index in [0.29, 0.717) is 6.54 Å². The number of hydrogen-bond acceptors (Lipinski definition) is 3. The first-order valence-corrected chi connectivity index (χ1v) is 6.09. The second-order valence-electron chi connectivity index (χ2n) is 4.51. The van der Waals surface area contributed by atoms with Crippen LogP contribution in [0.3, 0.4) is 0 Å². The third-order valence-corrected chi connectivity index (χ3v) is 3.37. The molecule has 0 saturated carbocycles. The lowest BCUT2D eigenvalue weighted by atomic mass is 10.1. The predicted molar refractivity (Wildman–Crippen MR) is 71.6 cm³/mol. The third-order valence-electron chi connectivity index (χ3n) is 3.37. The molecule has 0 aliphatic carbocycles. The second kappa shape index (κ2) is 4.31. The predicted octanol–water partition coefficient (Wildman–Crippen LogP) is 2.30. The maximum Gasteiger partial charge on any atom is 0.265 e. The Kier molecular flexibility index (Phi) is 2.63. The van der Waals surface area contributed by atoms with Gasteiger partial charge in [-0.3, -0.25) is 4.79 Å². The number of phenolic OH excluding ortho intramolecular Hbond substituents is 2. The van der Waals surface area contributed by atoms with E-state index in [4.69, 9.17) is 0 Å². The van der Waals surface area contributed by atoms with Gasteiger partial charge in [-0.1, -0.05) is 24.3 Å². The summed E-state index contributed by atoms with van der Waals surface area (Å²) in [6.07, 6.45) is 0.788. The fraction of sp³-hybridized carbons (Fsp3) is 0.133. The summed E-state index contributed by atoms with van der Waals surface area (Å²) in [5.41, 5.74) is 1.90. The maximum atomic E-state index is 12.5. The Morgan fingerprint density at radius 2 is 1.68 bits per heavy atom. The molecule has 0 saturated heterocycles. The SMILES string of the molecule is O=C(c1c(O)cccc1O)N1CCc2ccccc21. The highest BCUT2D eigenvalue weighted by atomic mass is 16.3. The van der Waals surface area contributed by atoms with Gasteiger partial charge in [-0.25, -0.2) is 0 Å². The molecule has 96 valence electrons. The zero-order valence-corrected chi connectivity index (χ0v) is 10.2. The van der Waals surface area contributed by atoms with E-state index >= 15 is 0 Å². The van der Waals surface area contributed by atoms with Gasteiger partial charge in [-0.15, -0.1) is 0 Å². The number of carbonyl (C=O) groups is 1. The van der Waals surface area contributed by atoms with Gasteiger partial charge in [0.15, 0.2) is 0 Å². The molecule has 0 spiro atoms. The number of benzene rings is 2. The average Bonchev–Trinajstić information content (AvgIpc) is 2.82. The lowest BCUT2D eigenvalue weighted by Crippen LogP contribution is -2.29. The van der Waals surface area contributed by atoms with Crippen LogP contribution in [0.15, 0.2) is 42.5 Å². The number of fused-ring (bicyclic) bond motifs is 1. The molecular formula is C15H13NO3. The summed E-state index contributed by atoms with van der Waals surface area (Å²) in [5.74, 6) is -0.774. The second-order valence-corrected chi connectivity index (χ2v) is 4.51. The van der Waals surface area contributed by atoms with E-state index in [1.54, 1.807) is 4.90 Å². The van der Waals surface area contributed by atoms with Gasteiger partial charge in [-0.2, -0.15) is 0 Å². The highest BCUT2D eigenvalue weighted by molar-refractivity contribution is 6.10. The van der Waals surface area contributed by atoms with Crippen molar-refractivity contribution in [3.8, 4) is 11.5 Å². The summed E-state index contributed by atoms with van der Waals surface area (Å²) in [7, 11) is 0. The molecule has 1 heterocycles. The number of rotatable bonds is 1. The Morgan fingerprint density at radius 3 is 2.42 bits per heavy atom. The number of aromatic hydroxyl groups is 2. The number of nitrogens with zero attached hydrogens (tertiary/aromatic N) is 1. The van der Waals surface area contributed by atoms with Crippen molar-refractivity contribution in [3.05, 3.63) is 53.6 Å². The van der Waals surface area contributed by atoms with Crippen molar-refractivity contribution < 1.29 is 15.0 Å². The topological polar surface area (TPSA) is 60.8 Å². The van der Waals surface area contributed by atoms with Crippen LogP contribution in [-0.4, -0.2) is 22.7 Å². The molecule has 0 aromatic heterocycles. The fourth-order valence-electron chi connectivity index (χ4n) is 2.43. The standard InChI is InChI=1S/C15H13NO3/c17-12-6-3-7-13(18)14(12)15(19)16-9-8-10-4-1-2-5-11(10)16/h1-7,17-18H,8-9H2. The lowest BCUT2D eigenvalue weighted by Gasteiger charge is -2.18. The summed E-state index contributed by atoms with van der Waals surface area (Å²) in [5, 5.41) is 19.5. The Morgan fingerprint density at radius 1 is 1.00 bits per heavy atom. The van der Waals surface area contributed by atoms with Gasteiger partial charge in [0.05, 0.1) is 0 Å². The van der Waals surface area contributed by atoms with Gasteiger partial charge in [0.1, 0.15) is 17.1 Å². The molecule has 0 fully saturated rings. The first kappa shape index (κ1) is 11.6. The van der Waals surface area contributed by atoms with Crippen LogP contribution in [0.4, 0.5) is 5.69 Å². The molecule has 0 unspecified atom stereocenters. The van der Waals surface area contributed by atoms with E-state index in [1.165, 1.54) is 18.2 Å². The first-order valence-electron chi connectivity index (χ1n) is 6.09. The van der Waals surface area contributed by atoms with Crippen molar-refractivity contribution in [1.29, 1.82) is 0 Å². The number of para-hydroxylation sites is 1. The van der Waals surface area contributed by atoms with Crippen LogP contribution in [0.1, 0.15) is 15.9 Å². The smallest absolute Gasteiger partial charge is 0.265 e. The molecule has 4 nitrogen and oxygen atoms in total. The van der Waals surface area contributed by atoms with Gasteiger partial charge in [0.2, 0.25) is 0 Å². The molecule has 1 aliphatic heterocycles. The summed E-state index contributed by atoms with van der Waals surface area (Å²) in [4.78, 5) is 14.0. The van der Waals surface area contributed by atoms with Crippen molar-refractivity contribution in [2.24, 2.45) is 0 Å². The molecule has 2 aromatic carbocycles. The minimum atomic E-state index is -0.374. The van der Waals surface area contributed by atoms with Crippen LogP contribution >= 0.6 is 0 Å². The Bertz CT molecular complexity index is 631. The van der Waals surface area contributed by atoms with Crippen LogP contribution in [0, 0.1) is 0 Å². The fourth-order valence-corrected chi connectivity index (χ4v) is 2.43. The van der Waals surface area contributed by atoms with Crippen LogP contribution in [-0.2, 0) is 6.42 Å². The molecule has 3 rings (SSSR count). The van der Waals surface area contributed by atoms with E-state index in [0.717, 1.165) is 17.7 Å². The molecule has 1 amide bonds. The van der Waals surface area contributed by atoms with Crippen molar-refractivity contribution in [2.75, 3.05) is 11.4 Å². The molecule has 19 heavy (non-hydrogen) atoms. The molecule has 2 aromatic rings. The van der Waals surface area contributed by atoms with E-state index in [1.807, 2.05) is 24.3 Å². The molecule has 4 heteroatoms. The number of anilines is 1. The normalized spacial score (nSPS) is 13.4. The van der Waals surface area contributed by atoms with Gasteiger partial charge in [0, 0.05) is 12.2 Å². The Hall–Kier alpha value is -2.49. The Labute approximate surface area is 110 Å². The number of phenols is 2. The van der Waals surface area contributed by atoms with Crippen LogP contribution in [0.25, 0.3) is 0 Å². The van der Waals surface area contributed by atoms with E-state index < -0.39 is 0 Å². The number of amides is 1. The minimum absolute atomic E-state index is 0.0424. The van der Waals surface area contributed by atoms with Crippen LogP contribution in [0.2, 0.25) is 0 Å². The Balaban J connectivity index is 2.03. The van der Waals surface area contributed by atoms with Crippen molar-refractivity contribution in [1.82, 2.24) is 0 Å². The third kappa shape index (κ3) is 1.81. The van der Waals surface area contributed by atoms with E-state index in [9.17, 15) is 15.0 Å². The maximum absolute atomic E-state index is 12.5. The quantitative estimate of drug-likeness (QED) is 0.822. The molecular weight excluding hydrogens is 242 g/mol. The highest BCUT2D eigenvalue weighted by Crippen LogP contribution is 2.33. The molecule has 0 atom stereocenters. The lowest BCUT2D eigenvalue weighted by molar-refractivity contribution is 0.0984. The zero-order chi connectivity index (χ0) is 13.4. The zero-order valence-electron chi connectivity index (χ0n) is 10.2. The van der Waals surface area contributed by atoms with Crippen LogP contribution in [0.5, 0.6) is 11.5 Å². The average molecular weight is 255 g/mol. The van der Waals surface area contributed by atoms with Crippen molar-refractivity contribution in [3.63, 3.8) is 0 Å². The van der Waals surface area contributed by atoms with Crippen molar-refractivity contribution >= 4 is 11.6 Å². The summed E-state index contributed by atoms with van der Waals surface area (Å²) < 4.78 is 0. The van der Waals surface area contributed by atoms with Crippen molar-refractivity contribution in [2.45, 2.75) is 6.42 Å². The van der Waals surface area contributed by atoms with Gasteiger partial charge >= 0.3 is 0 Å². The molecule has 0 radical (unpaired) electrons. The summed E-state index contributed by atoms with van der Waals surface area (Å²) in [6.45, 7) is 0.561. The van der Waals surface area contributed by atoms with Gasteiger partial charge in [0.25, 0.3) is 5.91 Å². The summed E-state index contributed by atoms with van der Waals surface area (Å²) in [6, 6.07) is 12.0.